The summed E-state index contributed by atoms with van der Waals surface area (Å²) in [6.45, 7) is 12.2. The largest absolute Gasteiger partial charge is 0.349 e. The van der Waals surface area contributed by atoms with Crippen LogP contribution in [0.3, 0.4) is 0 Å². The van der Waals surface area contributed by atoms with Crippen LogP contribution in [0.5, 0.6) is 0 Å². The van der Waals surface area contributed by atoms with Gasteiger partial charge >= 0.3 is 0 Å². The van der Waals surface area contributed by atoms with Crippen molar-refractivity contribution in [2.24, 2.45) is 0 Å². The van der Waals surface area contributed by atoms with Gasteiger partial charge in [-0.15, -0.1) is 0 Å². The number of para-hydroxylation sites is 1. The zero-order chi connectivity index (χ0) is 23.8. The molecule has 0 spiro atoms. The zero-order valence-electron chi connectivity index (χ0n) is 20.0. The SMILES string of the molecule is CCN(CC)CCNC(=O)C(=Cc1cn(CC)c2ccccc12)NC(=O)c1ccc(C)cc1. The Morgan fingerprint density at radius 3 is 2.36 bits per heavy atom. The quantitative estimate of drug-likeness (QED) is 0.459. The number of carbonyl (C=O) groups excluding carboxylic acids is 2. The molecule has 0 atom stereocenters. The molecular weight excluding hydrogens is 412 g/mol. The second kappa shape index (κ2) is 11.5. The highest BCUT2D eigenvalue weighted by atomic mass is 16.2. The van der Waals surface area contributed by atoms with E-state index in [2.05, 4.69) is 46.9 Å². The first kappa shape index (κ1) is 24.3. The minimum Gasteiger partial charge on any atom is -0.349 e. The van der Waals surface area contributed by atoms with Crippen LogP contribution in [-0.4, -0.2) is 47.5 Å². The number of aromatic nitrogens is 1. The van der Waals surface area contributed by atoms with Crippen molar-refractivity contribution in [3.05, 3.63) is 77.1 Å². The molecular formula is C27H34N4O2. The molecule has 3 aromatic rings. The van der Waals surface area contributed by atoms with E-state index in [9.17, 15) is 9.59 Å². The number of hydrogen-bond acceptors (Lipinski definition) is 3. The first-order valence-electron chi connectivity index (χ1n) is 11.6. The van der Waals surface area contributed by atoms with E-state index in [-0.39, 0.29) is 17.5 Å². The number of rotatable bonds is 10. The van der Waals surface area contributed by atoms with Crippen LogP contribution in [0.25, 0.3) is 17.0 Å². The summed E-state index contributed by atoms with van der Waals surface area (Å²) in [6, 6.07) is 15.4. The number of fused-ring (bicyclic) bond motifs is 1. The summed E-state index contributed by atoms with van der Waals surface area (Å²) < 4.78 is 2.14. The van der Waals surface area contributed by atoms with E-state index in [1.54, 1.807) is 18.2 Å². The van der Waals surface area contributed by atoms with Crippen LogP contribution in [-0.2, 0) is 11.3 Å². The lowest BCUT2D eigenvalue weighted by atomic mass is 10.1. The second-order valence-corrected chi connectivity index (χ2v) is 8.05. The molecule has 0 bridgehead atoms. The Hall–Kier alpha value is -3.38. The third-order valence-electron chi connectivity index (χ3n) is 5.87. The van der Waals surface area contributed by atoms with Crippen molar-refractivity contribution in [1.29, 1.82) is 0 Å². The van der Waals surface area contributed by atoms with Crippen LogP contribution in [0.4, 0.5) is 0 Å². The van der Waals surface area contributed by atoms with Gasteiger partial charge in [0.2, 0.25) is 0 Å². The maximum absolute atomic E-state index is 13.1. The third-order valence-corrected chi connectivity index (χ3v) is 5.87. The molecule has 2 aromatic carbocycles. The average molecular weight is 447 g/mol. The maximum Gasteiger partial charge on any atom is 0.267 e. The maximum atomic E-state index is 13.1. The number of benzene rings is 2. The summed E-state index contributed by atoms with van der Waals surface area (Å²) in [5.41, 5.74) is 3.81. The summed E-state index contributed by atoms with van der Waals surface area (Å²) >= 11 is 0. The van der Waals surface area contributed by atoms with Gasteiger partial charge in [0, 0.05) is 47.9 Å². The fourth-order valence-corrected chi connectivity index (χ4v) is 3.83. The minimum atomic E-state index is -0.306. The highest BCUT2D eigenvalue weighted by Gasteiger charge is 2.16. The van der Waals surface area contributed by atoms with Crippen molar-refractivity contribution < 1.29 is 9.59 Å². The zero-order valence-corrected chi connectivity index (χ0v) is 20.0. The molecule has 1 aromatic heterocycles. The van der Waals surface area contributed by atoms with Crippen LogP contribution >= 0.6 is 0 Å². The molecule has 3 rings (SSSR count). The van der Waals surface area contributed by atoms with E-state index in [4.69, 9.17) is 0 Å². The van der Waals surface area contributed by atoms with Gasteiger partial charge in [0.15, 0.2) is 0 Å². The van der Waals surface area contributed by atoms with Crippen molar-refractivity contribution in [2.45, 2.75) is 34.2 Å². The first-order valence-corrected chi connectivity index (χ1v) is 11.6. The molecule has 1 heterocycles. The summed E-state index contributed by atoms with van der Waals surface area (Å²) in [7, 11) is 0. The van der Waals surface area contributed by atoms with Crippen LogP contribution in [0, 0.1) is 6.92 Å². The minimum absolute atomic E-state index is 0.235. The number of likely N-dealkylation sites (N-methyl/N-ethyl adjacent to an activating group) is 1. The number of carbonyl (C=O) groups is 2. The van der Waals surface area contributed by atoms with Crippen molar-refractivity contribution in [2.75, 3.05) is 26.2 Å². The molecule has 0 radical (unpaired) electrons. The van der Waals surface area contributed by atoms with Crippen molar-refractivity contribution >= 4 is 28.8 Å². The predicted octanol–water partition coefficient (Wildman–Crippen LogP) is 4.20. The van der Waals surface area contributed by atoms with Gasteiger partial charge in [-0.05, 0) is 51.2 Å². The molecule has 0 saturated heterocycles. The van der Waals surface area contributed by atoms with E-state index >= 15 is 0 Å². The smallest absolute Gasteiger partial charge is 0.267 e. The van der Waals surface area contributed by atoms with E-state index in [0.717, 1.165) is 48.2 Å². The molecule has 0 aliphatic heterocycles. The predicted molar refractivity (Wildman–Crippen MR) is 135 cm³/mol. The molecule has 0 aliphatic carbocycles. The summed E-state index contributed by atoms with van der Waals surface area (Å²) in [5, 5.41) is 6.85. The normalized spacial score (nSPS) is 11.7. The van der Waals surface area contributed by atoms with Crippen molar-refractivity contribution in [1.82, 2.24) is 20.1 Å². The Morgan fingerprint density at radius 1 is 1.00 bits per heavy atom. The lowest BCUT2D eigenvalue weighted by molar-refractivity contribution is -0.117. The van der Waals surface area contributed by atoms with Gasteiger partial charge in [0.1, 0.15) is 5.70 Å². The topological polar surface area (TPSA) is 66.4 Å². The van der Waals surface area contributed by atoms with Crippen LogP contribution in [0.15, 0.2) is 60.4 Å². The van der Waals surface area contributed by atoms with Crippen LogP contribution in [0.2, 0.25) is 0 Å². The van der Waals surface area contributed by atoms with E-state index < -0.39 is 0 Å². The summed E-state index contributed by atoms with van der Waals surface area (Å²) in [4.78, 5) is 28.3. The van der Waals surface area contributed by atoms with Crippen LogP contribution < -0.4 is 10.6 Å². The van der Waals surface area contributed by atoms with Gasteiger partial charge < -0.3 is 20.1 Å². The van der Waals surface area contributed by atoms with Gasteiger partial charge in [-0.3, -0.25) is 9.59 Å². The highest BCUT2D eigenvalue weighted by Crippen LogP contribution is 2.23. The standard InChI is InChI=1S/C27H34N4O2/c1-5-30(6-2)17-16-28-27(33)24(29-26(32)21-14-12-20(4)13-15-21)18-22-19-31(7-3)25-11-9-8-10-23(22)25/h8-15,18-19H,5-7,16-17H2,1-4H3,(H,28,33)(H,29,32). The Bertz CT molecular complexity index is 1120. The van der Waals surface area contributed by atoms with Gasteiger partial charge in [-0.1, -0.05) is 49.7 Å². The van der Waals surface area contributed by atoms with Gasteiger partial charge in [0.25, 0.3) is 11.8 Å². The third kappa shape index (κ3) is 6.11. The summed E-state index contributed by atoms with van der Waals surface area (Å²) in [5.74, 6) is -0.602. The Kier molecular flexibility index (Phi) is 8.44. The number of amides is 2. The number of nitrogens with zero attached hydrogens (tertiary/aromatic N) is 2. The van der Waals surface area contributed by atoms with Gasteiger partial charge in [0.05, 0.1) is 0 Å². The molecule has 2 amide bonds. The molecule has 0 saturated carbocycles. The van der Waals surface area contributed by atoms with Gasteiger partial charge in [-0.25, -0.2) is 0 Å². The Morgan fingerprint density at radius 2 is 1.70 bits per heavy atom. The van der Waals surface area contributed by atoms with Crippen molar-refractivity contribution in [3.8, 4) is 0 Å². The summed E-state index contributed by atoms with van der Waals surface area (Å²) in [6.07, 6.45) is 3.79. The highest BCUT2D eigenvalue weighted by molar-refractivity contribution is 6.06. The molecule has 0 aliphatic rings. The molecule has 2 N–H and O–H groups in total. The van der Waals surface area contributed by atoms with E-state index in [1.807, 2.05) is 43.5 Å². The molecule has 6 nitrogen and oxygen atoms in total. The van der Waals surface area contributed by atoms with Crippen molar-refractivity contribution in [3.63, 3.8) is 0 Å². The average Bonchev–Trinajstić information content (AvgIpc) is 3.19. The number of nitrogens with one attached hydrogen (secondary N) is 2. The Balaban J connectivity index is 1.90. The Labute approximate surface area is 196 Å². The van der Waals surface area contributed by atoms with Gasteiger partial charge in [-0.2, -0.15) is 0 Å². The molecule has 0 fully saturated rings. The second-order valence-electron chi connectivity index (χ2n) is 8.05. The fraction of sp³-hybridized carbons (Fsp3) is 0.333. The monoisotopic (exact) mass is 446 g/mol. The lowest BCUT2D eigenvalue weighted by Crippen LogP contribution is -2.39. The molecule has 174 valence electrons. The number of aryl methyl sites for hydroxylation is 2. The van der Waals surface area contributed by atoms with E-state index in [1.165, 1.54) is 0 Å². The fourth-order valence-electron chi connectivity index (χ4n) is 3.83. The number of hydrogen-bond donors (Lipinski definition) is 2. The molecule has 33 heavy (non-hydrogen) atoms. The van der Waals surface area contributed by atoms with E-state index in [0.29, 0.717) is 12.1 Å². The molecule has 6 heteroatoms. The lowest BCUT2D eigenvalue weighted by Gasteiger charge is -2.18. The first-order chi connectivity index (χ1) is 16.0. The van der Waals surface area contributed by atoms with Crippen LogP contribution in [0.1, 0.15) is 42.3 Å². The molecule has 0 unspecified atom stereocenters.